The maximum absolute atomic E-state index is 13.7. The minimum atomic E-state index is -0.637. The highest BCUT2D eigenvalue weighted by Crippen LogP contribution is 2.34. The molecule has 0 aromatic heterocycles. The van der Waals surface area contributed by atoms with E-state index in [9.17, 15) is 18.8 Å². The molecule has 2 aromatic rings. The molecule has 0 saturated carbocycles. The summed E-state index contributed by atoms with van der Waals surface area (Å²) in [5.74, 6) is -1.11. The highest BCUT2D eigenvalue weighted by Gasteiger charge is 2.39. The lowest BCUT2D eigenvalue weighted by molar-refractivity contribution is -0.139. The van der Waals surface area contributed by atoms with Crippen molar-refractivity contribution in [2.45, 2.75) is 46.7 Å². The Morgan fingerprint density at radius 1 is 1.10 bits per heavy atom. The lowest BCUT2D eigenvalue weighted by atomic mass is 9.90. The molecule has 208 valence electrons. The smallest absolute Gasteiger partial charge is 0.338 e. The van der Waals surface area contributed by atoms with Gasteiger partial charge in [-0.25, -0.2) is 14.0 Å². The minimum Gasteiger partial charge on any atom is -0.463 e. The summed E-state index contributed by atoms with van der Waals surface area (Å²) in [6.45, 7) is 12.0. The number of piperazine rings is 1. The van der Waals surface area contributed by atoms with Crippen molar-refractivity contribution in [1.82, 2.24) is 20.0 Å². The molecular weight excluding hydrogens is 499 g/mol. The maximum Gasteiger partial charge on any atom is 0.338 e. The van der Waals surface area contributed by atoms with Crippen molar-refractivity contribution in [2.75, 3.05) is 39.3 Å². The van der Waals surface area contributed by atoms with Gasteiger partial charge in [0.25, 0.3) is 5.91 Å². The van der Waals surface area contributed by atoms with Crippen LogP contribution in [0.3, 0.4) is 0 Å². The number of aryl methyl sites for hydroxylation is 2. The molecule has 2 unspecified atom stereocenters. The number of urea groups is 1. The monoisotopic (exact) mass is 536 g/mol. The van der Waals surface area contributed by atoms with Gasteiger partial charge in [-0.05, 0) is 63.9 Å². The molecule has 2 heterocycles. The summed E-state index contributed by atoms with van der Waals surface area (Å²) < 4.78 is 19.2. The van der Waals surface area contributed by atoms with Crippen LogP contribution in [0, 0.1) is 19.7 Å². The second kappa shape index (κ2) is 12.0. The molecule has 0 spiro atoms. The second-order valence-electron chi connectivity index (χ2n) is 10.2. The van der Waals surface area contributed by atoms with Gasteiger partial charge in [-0.1, -0.05) is 29.8 Å². The summed E-state index contributed by atoms with van der Waals surface area (Å²) in [7, 11) is 0. The normalized spacial score (nSPS) is 20.2. The first kappa shape index (κ1) is 28.3. The summed E-state index contributed by atoms with van der Waals surface area (Å²) >= 11 is 0. The van der Waals surface area contributed by atoms with Crippen molar-refractivity contribution in [3.05, 3.63) is 81.8 Å². The Bertz CT molecular complexity index is 1290. The molecule has 2 atom stereocenters. The van der Waals surface area contributed by atoms with Crippen LogP contribution in [-0.4, -0.2) is 78.0 Å². The first-order valence-electron chi connectivity index (χ1n) is 13.5. The molecule has 2 aromatic carbocycles. The van der Waals surface area contributed by atoms with Crippen LogP contribution in [0.15, 0.2) is 53.7 Å². The van der Waals surface area contributed by atoms with E-state index in [1.165, 1.54) is 18.2 Å². The number of benzene rings is 2. The number of nitrogens with zero attached hydrogens (tertiary/aromatic N) is 3. The standard InChI is InChI=1S/C30H37FN4O4/c1-6-34-25(18-33-13-14-35(21(5)17-33)28(36)22-9-8-10-23(31)16-22)26(29(37)39-7-2)27(32-30(34)38)24-15-19(3)11-12-20(24)4/h8-12,15-16,21,27H,6-7,13-14,17-18H2,1-5H3,(H,32,38). The van der Waals surface area contributed by atoms with Crippen molar-refractivity contribution < 1.29 is 23.5 Å². The number of esters is 1. The Balaban J connectivity index is 1.66. The highest BCUT2D eigenvalue weighted by atomic mass is 19.1. The Morgan fingerprint density at radius 2 is 1.87 bits per heavy atom. The summed E-state index contributed by atoms with van der Waals surface area (Å²) in [4.78, 5) is 45.3. The van der Waals surface area contributed by atoms with Gasteiger partial charge >= 0.3 is 12.0 Å². The van der Waals surface area contributed by atoms with Crippen molar-refractivity contribution in [3.63, 3.8) is 0 Å². The van der Waals surface area contributed by atoms with E-state index in [1.54, 1.807) is 22.8 Å². The largest absolute Gasteiger partial charge is 0.463 e. The molecule has 8 nitrogen and oxygen atoms in total. The molecule has 4 rings (SSSR count). The summed E-state index contributed by atoms with van der Waals surface area (Å²) in [6.07, 6.45) is 0. The molecule has 2 aliphatic heterocycles. The van der Waals surface area contributed by atoms with Crippen molar-refractivity contribution >= 4 is 17.9 Å². The third-order valence-corrected chi connectivity index (χ3v) is 7.41. The highest BCUT2D eigenvalue weighted by molar-refractivity contribution is 5.96. The molecule has 0 bridgehead atoms. The number of hydrogen-bond donors (Lipinski definition) is 1. The van der Waals surface area contributed by atoms with Crippen LogP contribution in [0.1, 0.15) is 53.9 Å². The van der Waals surface area contributed by atoms with E-state index in [0.717, 1.165) is 16.7 Å². The second-order valence-corrected chi connectivity index (χ2v) is 10.2. The number of nitrogens with one attached hydrogen (secondary N) is 1. The first-order valence-corrected chi connectivity index (χ1v) is 13.5. The maximum atomic E-state index is 13.7. The van der Waals surface area contributed by atoms with E-state index in [0.29, 0.717) is 49.6 Å². The summed E-state index contributed by atoms with van der Waals surface area (Å²) in [5, 5.41) is 3.04. The Kier molecular flexibility index (Phi) is 8.70. The molecular formula is C30H37FN4O4. The fourth-order valence-electron chi connectivity index (χ4n) is 5.44. The predicted molar refractivity (Wildman–Crippen MR) is 147 cm³/mol. The van der Waals surface area contributed by atoms with Crippen molar-refractivity contribution in [2.24, 2.45) is 0 Å². The molecule has 1 N–H and O–H groups in total. The molecule has 0 radical (unpaired) electrons. The zero-order chi connectivity index (χ0) is 28.3. The molecule has 39 heavy (non-hydrogen) atoms. The quantitative estimate of drug-likeness (QED) is 0.537. The summed E-state index contributed by atoms with van der Waals surface area (Å²) in [5.41, 5.74) is 4.22. The van der Waals surface area contributed by atoms with Crippen LogP contribution in [-0.2, 0) is 9.53 Å². The fourth-order valence-corrected chi connectivity index (χ4v) is 5.44. The molecule has 9 heteroatoms. The molecule has 2 aliphatic rings. The number of hydrogen-bond acceptors (Lipinski definition) is 5. The molecule has 1 fully saturated rings. The van der Waals surface area contributed by atoms with Gasteiger partial charge in [0, 0.05) is 50.0 Å². The van der Waals surface area contributed by atoms with Crippen LogP contribution < -0.4 is 5.32 Å². The van der Waals surface area contributed by atoms with Crippen LogP contribution in [0.4, 0.5) is 9.18 Å². The van der Waals surface area contributed by atoms with Crippen LogP contribution >= 0.6 is 0 Å². The van der Waals surface area contributed by atoms with Crippen molar-refractivity contribution in [3.8, 4) is 0 Å². The predicted octanol–water partition coefficient (Wildman–Crippen LogP) is 4.19. The first-order chi connectivity index (χ1) is 18.6. The van der Waals surface area contributed by atoms with E-state index >= 15 is 0 Å². The van der Waals surface area contributed by atoms with E-state index in [1.807, 2.05) is 45.9 Å². The van der Waals surface area contributed by atoms with E-state index < -0.39 is 17.8 Å². The van der Waals surface area contributed by atoms with E-state index in [2.05, 4.69) is 10.2 Å². The lowest BCUT2D eigenvalue weighted by Crippen LogP contribution is -2.56. The molecule has 1 saturated heterocycles. The molecule has 3 amide bonds. The lowest BCUT2D eigenvalue weighted by Gasteiger charge is -2.43. The van der Waals surface area contributed by atoms with E-state index in [-0.39, 0.29) is 24.6 Å². The van der Waals surface area contributed by atoms with Crippen LogP contribution in [0.5, 0.6) is 0 Å². The third-order valence-electron chi connectivity index (χ3n) is 7.41. The topological polar surface area (TPSA) is 82.2 Å². The number of carbonyl (C=O) groups is 3. The van der Waals surface area contributed by atoms with Crippen molar-refractivity contribution in [1.29, 1.82) is 0 Å². The Morgan fingerprint density at radius 3 is 2.54 bits per heavy atom. The number of likely N-dealkylation sites (N-methyl/N-ethyl adjacent to an activating group) is 1. The number of halogens is 1. The van der Waals surface area contributed by atoms with Gasteiger partial charge in [0.1, 0.15) is 5.82 Å². The fraction of sp³-hybridized carbons (Fsp3) is 0.433. The number of rotatable bonds is 7. The number of amides is 3. The zero-order valence-corrected chi connectivity index (χ0v) is 23.3. The summed E-state index contributed by atoms with van der Waals surface area (Å²) in [6, 6.07) is 10.7. The van der Waals surface area contributed by atoms with Gasteiger partial charge in [0.2, 0.25) is 0 Å². The van der Waals surface area contributed by atoms with E-state index in [4.69, 9.17) is 4.74 Å². The zero-order valence-electron chi connectivity index (χ0n) is 23.3. The third kappa shape index (κ3) is 5.98. The Hall–Kier alpha value is -3.72. The van der Waals surface area contributed by atoms with Gasteiger partial charge in [0.05, 0.1) is 18.2 Å². The van der Waals surface area contributed by atoms with Crippen LogP contribution in [0.2, 0.25) is 0 Å². The van der Waals surface area contributed by atoms with Crippen LogP contribution in [0.25, 0.3) is 0 Å². The number of carbonyl (C=O) groups excluding carboxylic acids is 3. The number of ether oxygens (including phenoxy) is 1. The average molecular weight is 537 g/mol. The van der Waals surface area contributed by atoms with Gasteiger partial charge in [-0.3, -0.25) is 14.6 Å². The average Bonchev–Trinajstić information content (AvgIpc) is 2.89. The van der Waals surface area contributed by atoms with Gasteiger partial charge < -0.3 is 15.0 Å². The Labute approximate surface area is 229 Å². The van der Waals surface area contributed by atoms with Gasteiger partial charge in [0.15, 0.2) is 0 Å². The van der Waals surface area contributed by atoms with Gasteiger partial charge in [-0.15, -0.1) is 0 Å². The van der Waals surface area contributed by atoms with Gasteiger partial charge in [-0.2, -0.15) is 0 Å². The SMILES string of the molecule is CCOC(=O)C1=C(CN2CCN(C(=O)c3cccc(F)c3)C(C)C2)N(CC)C(=O)NC1c1cc(C)ccc1C. The minimum absolute atomic E-state index is 0.150. The molecule has 0 aliphatic carbocycles.